The van der Waals surface area contributed by atoms with Crippen molar-refractivity contribution in [3.8, 4) is 17.2 Å². The fourth-order valence-corrected chi connectivity index (χ4v) is 4.40. The molecule has 1 aliphatic rings. The molecule has 0 bridgehead atoms. The Labute approximate surface area is 192 Å². The zero-order valence-corrected chi connectivity index (χ0v) is 18.3. The minimum atomic E-state index is -0.247. The van der Waals surface area contributed by atoms with E-state index in [1.165, 1.54) is 17.7 Å². The molecule has 33 heavy (non-hydrogen) atoms. The van der Waals surface area contributed by atoms with E-state index in [1.54, 1.807) is 24.5 Å². The number of hydrogen-bond donors (Lipinski definition) is 1. The lowest BCUT2D eigenvalue weighted by Crippen LogP contribution is -2.47. The van der Waals surface area contributed by atoms with Crippen LogP contribution in [0.25, 0.3) is 22.0 Å². The van der Waals surface area contributed by atoms with E-state index in [1.807, 2.05) is 18.2 Å². The lowest BCUT2D eigenvalue weighted by molar-refractivity contribution is 0.254. The molecule has 1 aliphatic heterocycles. The number of fused-ring (bicyclic) bond motifs is 1. The maximum Gasteiger partial charge on any atom is 0.225 e. The van der Waals surface area contributed by atoms with Gasteiger partial charge in [0.25, 0.3) is 0 Å². The fraction of sp³-hybridized carbons (Fsp3) is 0.269. The van der Waals surface area contributed by atoms with Crippen LogP contribution in [0, 0.1) is 17.1 Å². The topological polar surface area (TPSA) is 71.8 Å². The SMILES string of the molecule is N#Cc1ccc2[nH]cc(CCCN3CCN(c4ncc(-c5ccc(F)cc5)cn4)CC3)c2c1. The van der Waals surface area contributed by atoms with Gasteiger partial charge in [-0.15, -0.1) is 0 Å². The van der Waals surface area contributed by atoms with Crippen molar-refractivity contribution in [2.75, 3.05) is 37.6 Å². The molecule has 4 aromatic rings. The number of aromatic amines is 1. The number of benzene rings is 2. The van der Waals surface area contributed by atoms with E-state index in [0.717, 1.165) is 73.5 Å². The van der Waals surface area contributed by atoms with E-state index in [2.05, 4.69) is 37.0 Å². The van der Waals surface area contributed by atoms with Gasteiger partial charge in [0.05, 0.1) is 11.6 Å². The highest BCUT2D eigenvalue weighted by molar-refractivity contribution is 5.84. The Morgan fingerprint density at radius 2 is 1.73 bits per heavy atom. The Hall–Kier alpha value is -3.76. The first-order chi connectivity index (χ1) is 16.2. The molecule has 7 heteroatoms. The third kappa shape index (κ3) is 4.71. The van der Waals surface area contributed by atoms with Gasteiger partial charge in [-0.3, -0.25) is 4.90 Å². The molecule has 166 valence electrons. The Morgan fingerprint density at radius 3 is 2.45 bits per heavy atom. The van der Waals surface area contributed by atoms with E-state index in [-0.39, 0.29) is 5.82 Å². The van der Waals surface area contributed by atoms with Gasteiger partial charge in [-0.2, -0.15) is 5.26 Å². The molecule has 0 saturated carbocycles. The molecular formula is C26H25FN6. The molecule has 0 spiro atoms. The summed E-state index contributed by atoms with van der Waals surface area (Å²) in [6.07, 6.45) is 7.74. The summed E-state index contributed by atoms with van der Waals surface area (Å²) in [5, 5.41) is 10.3. The Kier molecular flexibility index (Phi) is 6.01. The van der Waals surface area contributed by atoms with E-state index in [9.17, 15) is 4.39 Å². The molecule has 3 heterocycles. The van der Waals surface area contributed by atoms with Gasteiger partial charge in [-0.1, -0.05) is 12.1 Å². The van der Waals surface area contributed by atoms with Crippen molar-refractivity contribution in [2.24, 2.45) is 0 Å². The van der Waals surface area contributed by atoms with E-state index >= 15 is 0 Å². The van der Waals surface area contributed by atoms with Crippen molar-refractivity contribution in [1.82, 2.24) is 19.9 Å². The molecule has 5 rings (SSSR count). The number of halogens is 1. The number of nitriles is 1. The summed E-state index contributed by atoms with van der Waals surface area (Å²) in [7, 11) is 0. The maximum absolute atomic E-state index is 13.1. The molecule has 0 aliphatic carbocycles. The van der Waals surface area contributed by atoms with Crippen LogP contribution in [-0.2, 0) is 6.42 Å². The second-order valence-corrected chi connectivity index (χ2v) is 8.40. The molecule has 6 nitrogen and oxygen atoms in total. The molecule has 1 N–H and O–H groups in total. The summed E-state index contributed by atoms with van der Waals surface area (Å²) in [4.78, 5) is 17.1. The van der Waals surface area contributed by atoms with Crippen LogP contribution in [0.2, 0.25) is 0 Å². The summed E-state index contributed by atoms with van der Waals surface area (Å²) >= 11 is 0. The molecule has 0 radical (unpaired) electrons. The Bertz CT molecular complexity index is 1270. The van der Waals surface area contributed by atoms with Crippen molar-refractivity contribution in [3.63, 3.8) is 0 Å². The zero-order valence-electron chi connectivity index (χ0n) is 18.3. The van der Waals surface area contributed by atoms with Gasteiger partial charge in [0.2, 0.25) is 5.95 Å². The molecule has 0 amide bonds. The molecule has 1 saturated heterocycles. The average molecular weight is 441 g/mol. The predicted molar refractivity (Wildman–Crippen MR) is 127 cm³/mol. The number of hydrogen-bond acceptors (Lipinski definition) is 5. The van der Waals surface area contributed by atoms with Gasteiger partial charge in [0, 0.05) is 61.2 Å². The first kappa shape index (κ1) is 21.1. The second kappa shape index (κ2) is 9.39. The van der Waals surface area contributed by atoms with Gasteiger partial charge in [0.15, 0.2) is 0 Å². The van der Waals surface area contributed by atoms with Gasteiger partial charge >= 0.3 is 0 Å². The number of aromatic nitrogens is 3. The number of H-pyrrole nitrogens is 1. The van der Waals surface area contributed by atoms with Crippen molar-refractivity contribution in [3.05, 3.63) is 78.0 Å². The molecule has 2 aromatic heterocycles. The van der Waals surface area contributed by atoms with Crippen molar-refractivity contribution in [1.29, 1.82) is 5.26 Å². The number of aryl methyl sites for hydroxylation is 1. The van der Waals surface area contributed by atoms with Gasteiger partial charge in [-0.25, -0.2) is 14.4 Å². The molecule has 1 fully saturated rings. The van der Waals surface area contributed by atoms with Gasteiger partial charge in [0.1, 0.15) is 5.82 Å². The number of nitrogens with zero attached hydrogens (tertiary/aromatic N) is 5. The fourth-order valence-electron chi connectivity index (χ4n) is 4.40. The number of anilines is 1. The van der Waals surface area contributed by atoms with Crippen LogP contribution < -0.4 is 4.90 Å². The lowest BCUT2D eigenvalue weighted by atomic mass is 10.1. The molecular weight excluding hydrogens is 415 g/mol. The van der Waals surface area contributed by atoms with Crippen molar-refractivity contribution >= 4 is 16.9 Å². The number of piperazine rings is 1. The predicted octanol–water partition coefficient (Wildman–Crippen LogP) is 4.39. The second-order valence-electron chi connectivity index (χ2n) is 8.40. The van der Waals surface area contributed by atoms with Crippen LogP contribution in [0.4, 0.5) is 10.3 Å². The van der Waals surface area contributed by atoms with Crippen molar-refractivity contribution < 1.29 is 4.39 Å². The van der Waals surface area contributed by atoms with Crippen LogP contribution in [0.15, 0.2) is 61.1 Å². The minimum Gasteiger partial charge on any atom is -0.361 e. The summed E-state index contributed by atoms with van der Waals surface area (Å²) < 4.78 is 13.1. The Morgan fingerprint density at radius 1 is 0.970 bits per heavy atom. The van der Waals surface area contributed by atoms with E-state index in [4.69, 9.17) is 5.26 Å². The highest BCUT2D eigenvalue weighted by Crippen LogP contribution is 2.22. The molecule has 0 atom stereocenters. The highest BCUT2D eigenvalue weighted by atomic mass is 19.1. The molecule has 2 aromatic carbocycles. The van der Waals surface area contributed by atoms with Gasteiger partial charge in [-0.05, 0) is 60.8 Å². The lowest BCUT2D eigenvalue weighted by Gasteiger charge is -2.34. The number of rotatable bonds is 6. The summed E-state index contributed by atoms with van der Waals surface area (Å²) in [5.74, 6) is 0.497. The van der Waals surface area contributed by atoms with E-state index in [0.29, 0.717) is 5.56 Å². The number of nitrogens with one attached hydrogen (secondary N) is 1. The van der Waals surface area contributed by atoms with Crippen LogP contribution in [-0.4, -0.2) is 52.6 Å². The first-order valence-corrected chi connectivity index (χ1v) is 11.2. The van der Waals surface area contributed by atoms with E-state index < -0.39 is 0 Å². The summed E-state index contributed by atoms with van der Waals surface area (Å²) in [6.45, 7) is 4.80. The monoisotopic (exact) mass is 440 g/mol. The zero-order chi connectivity index (χ0) is 22.6. The quantitative estimate of drug-likeness (QED) is 0.481. The average Bonchev–Trinajstić information content (AvgIpc) is 3.27. The largest absolute Gasteiger partial charge is 0.361 e. The summed E-state index contributed by atoms with van der Waals surface area (Å²) in [6, 6.07) is 14.4. The van der Waals surface area contributed by atoms with Gasteiger partial charge < -0.3 is 9.88 Å². The van der Waals surface area contributed by atoms with Crippen LogP contribution in [0.1, 0.15) is 17.5 Å². The minimum absolute atomic E-state index is 0.247. The van der Waals surface area contributed by atoms with Crippen LogP contribution in [0.3, 0.4) is 0 Å². The standard InChI is InChI=1S/C26H25FN6/c27-23-6-4-20(5-7-23)22-17-30-26(31-18-22)33-12-10-32(11-13-33)9-1-2-21-16-29-25-8-3-19(15-28)14-24(21)25/h3-8,14,16-18,29H,1-2,9-13H2. The smallest absolute Gasteiger partial charge is 0.225 e. The molecule has 0 unspecified atom stereocenters. The highest BCUT2D eigenvalue weighted by Gasteiger charge is 2.19. The Balaban J connectivity index is 1.12. The third-order valence-corrected chi connectivity index (χ3v) is 6.29. The summed E-state index contributed by atoms with van der Waals surface area (Å²) in [5.41, 5.74) is 4.86. The third-order valence-electron chi connectivity index (χ3n) is 6.29. The van der Waals surface area contributed by atoms with Crippen LogP contribution >= 0.6 is 0 Å². The normalized spacial score (nSPS) is 14.5. The first-order valence-electron chi connectivity index (χ1n) is 11.2. The van der Waals surface area contributed by atoms with Crippen molar-refractivity contribution in [2.45, 2.75) is 12.8 Å². The maximum atomic E-state index is 13.1. The van der Waals surface area contributed by atoms with Crippen LogP contribution in [0.5, 0.6) is 0 Å².